The Labute approximate surface area is 95.5 Å². The fraction of sp³-hybridized carbons (Fsp3) is 0.182. The molecule has 0 atom stereocenters. The molecule has 2 rings (SSSR count). The number of nitrogens with zero attached hydrogens (tertiary/aromatic N) is 1. The summed E-state index contributed by atoms with van der Waals surface area (Å²) in [5.74, 6) is -0.808. The lowest BCUT2D eigenvalue weighted by molar-refractivity contribution is -0.136. The van der Waals surface area contributed by atoms with E-state index in [0.717, 1.165) is 21.1 Å². The Morgan fingerprint density at radius 3 is 2.87 bits per heavy atom. The molecule has 0 bridgehead atoms. The summed E-state index contributed by atoms with van der Waals surface area (Å²) in [6, 6.07) is 7.78. The van der Waals surface area contributed by atoms with Crippen molar-refractivity contribution in [3.63, 3.8) is 0 Å². The Balaban J connectivity index is 2.64. The lowest BCUT2D eigenvalue weighted by Gasteiger charge is -2.02. The summed E-state index contributed by atoms with van der Waals surface area (Å²) in [6.45, 7) is 0. The van der Waals surface area contributed by atoms with E-state index < -0.39 is 5.97 Å². The van der Waals surface area contributed by atoms with Crippen molar-refractivity contribution in [2.45, 2.75) is 6.42 Å². The fourth-order valence-electron chi connectivity index (χ4n) is 1.75. The average molecular weight is 268 g/mol. The van der Waals surface area contributed by atoms with Crippen molar-refractivity contribution in [2.24, 2.45) is 7.05 Å². The zero-order valence-electron chi connectivity index (χ0n) is 8.20. The van der Waals surface area contributed by atoms with E-state index in [4.69, 9.17) is 5.11 Å². The Hall–Kier alpha value is -1.29. The van der Waals surface area contributed by atoms with Crippen molar-refractivity contribution in [3.05, 3.63) is 34.4 Å². The summed E-state index contributed by atoms with van der Waals surface area (Å²) in [4.78, 5) is 10.7. The SMILES string of the molecule is Cn1c(CC(=O)O)cc2cccc(Br)c21. The molecule has 1 aromatic heterocycles. The van der Waals surface area contributed by atoms with E-state index in [9.17, 15) is 4.79 Å². The Morgan fingerprint density at radius 2 is 2.27 bits per heavy atom. The van der Waals surface area contributed by atoms with Gasteiger partial charge < -0.3 is 9.67 Å². The molecule has 2 aromatic rings. The number of halogens is 1. The lowest BCUT2D eigenvalue weighted by atomic mass is 10.2. The van der Waals surface area contributed by atoms with E-state index in [0.29, 0.717) is 0 Å². The number of hydrogen-bond acceptors (Lipinski definition) is 1. The van der Waals surface area contributed by atoms with E-state index in [2.05, 4.69) is 15.9 Å². The molecular formula is C11H10BrNO2. The highest BCUT2D eigenvalue weighted by Crippen LogP contribution is 2.26. The number of aromatic nitrogens is 1. The minimum Gasteiger partial charge on any atom is -0.481 e. The first-order valence-electron chi connectivity index (χ1n) is 4.54. The maximum absolute atomic E-state index is 10.7. The highest BCUT2D eigenvalue weighted by Gasteiger charge is 2.10. The van der Waals surface area contributed by atoms with Crippen LogP contribution in [0.2, 0.25) is 0 Å². The van der Waals surface area contributed by atoms with Gasteiger partial charge in [0.1, 0.15) is 0 Å². The highest BCUT2D eigenvalue weighted by molar-refractivity contribution is 9.10. The molecule has 0 aliphatic carbocycles. The van der Waals surface area contributed by atoms with Gasteiger partial charge in [0.15, 0.2) is 0 Å². The van der Waals surface area contributed by atoms with Gasteiger partial charge in [-0.3, -0.25) is 4.79 Å². The van der Waals surface area contributed by atoms with Crippen LogP contribution in [0.15, 0.2) is 28.7 Å². The van der Waals surface area contributed by atoms with Crippen LogP contribution in [0, 0.1) is 0 Å². The predicted molar refractivity (Wildman–Crippen MR) is 62.0 cm³/mol. The summed E-state index contributed by atoms with van der Waals surface area (Å²) in [5, 5.41) is 9.82. The third kappa shape index (κ3) is 1.77. The number of rotatable bonds is 2. The number of para-hydroxylation sites is 1. The Kier molecular flexibility index (Phi) is 2.52. The number of carboxylic acid groups (broad SMARTS) is 1. The summed E-state index contributed by atoms with van der Waals surface area (Å²) in [5.41, 5.74) is 1.85. The second-order valence-corrected chi connectivity index (χ2v) is 4.30. The van der Waals surface area contributed by atoms with Crippen molar-refractivity contribution in [1.29, 1.82) is 0 Å². The van der Waals surface area contributed by atoms with Crippen LogP contribution in [0.5, 0.6) is 0 Å². The number of carbonyl (C=O) groups is 1. The van der Waals surface area contributed by atoms with Crippen LogP contribution >= 0.6 is 15.9 Å². The van der Waals surface area contributed by atoms with Gasteiger partial charge in [-0.25, -0.2) is 0 Å². The van der Waals surface area contributed by atoms with Gasteiger partial charge >= 0.3 is 5.97 Å². The molecule has 0 saturated heterocycles. The van der Waals surface area contributed by atoms with E-state index in [-0.39, 0.29) is 6.42 Å². The van der Waals surface area contributed by atoms with E-state index in [1.165, 1.54) is 0 Å². The van der Waals surface area contributed by atoms with Crippen LogP contribution in [-0.4, -0.2) is 15.6 Å². The summed E-state index contributed by atoms with van der Waals surface area (Å²) in [6.07, 6.45) is 0.0532. The zero-order valence-corrected chi connectivity index (χ0v) is 9.78. The molecule has 0 aliphatic rings. The smallest absolute Gasteiger partial charge is 0.309 e. The second kappa shape index (κ2) is 3.70. The van der Waals surface area contributed by atoms with Crippen molar-refractivity contribution < 1.29 is 9.90 Å². The molecule has 0 fully saturated rings. The fourth-order valence-corrected chi connectivity index (χ4v) is 2.39. The topological polar surface area (TPSA) is 42.2 Å². The quantitative estimate of drug-likeness (QED) is 0.909. The maximum Gasteiger partial charge on any atom is 0.309 e. The van der Waals surface area contributed by atoms with Gasteiger partial charge in [-0.05, 0) is 28.1 Å². The summed E-state index contributed by atoms with van der Waals surface area (Å²) in [7, 11) is 1.88. The standard InChI is InChI=1S/C11H10BrNO2/c1-13-8(6-10(14)15)5-7-3-2-4-9(12)11(7)13/h2-5H,6H2,1H3,(H,14,15). The molecule has 1 aromatic carbocycles. The van der Waals surface area contributed by atoms with Crippen molar-refractivity contribution >= 4 is 32.8 Å². The van der Waals surface area contributed by atoms with Crippen molar-refractivity contribution in [2.75, 3.05) is 0 Å². The maximum atomic E-state index is 10.7. The van der Waals surface area contributed by atoms with Crippen LogP contribution in [0.4, 0.5) is 0 Å². The molecule has 1 heterocycles. The first-order chi connectivity index (χ1) is 7.09. The van der Waals surface area contributed by atoms with Gasteiger partial charge in [-0.15, -0.1) is 0 Å². The van der Waals surface area contributed by atoms with Crippen molar-refractivity contribution in [1.82, 2.24) is 4.57 Å². The molecule has 0 saturated carbocycles. The van der Waals surface area contributed by atoms with Gasteiger partial charge in [-0.2, -0.15) is 0 Å². The van der Waals surface area contributed by atoms with Crippen molar-refractivity contribution in [3.8, 4) is 0 Å². The van der Waals surface area contributed by atoms with Crippen LogP contribution in [0.3, 0.4) is 0 Å². The van der Waals surface area contributed by atoms with Crippen LogP contribution < -0.4 is 0 Å². The van der Waals surface area contributed by atoms with Gasteiger partial charge in [-0.1, -0.05) is 12.1 Å². The van der Waals surface area contributed by atoms with E-state index in [1.54, 1.807) is 0 Å². The number of fused-ring (bicyclic) bond motifs is 1. The Bertz CT molecular complexity index is 531. The minimum absolute atomic E-state index is 0.0532. The monoisotopic (exact) mass is 267 g/mol. The predicted octanol–water partition coefficient (Wildman–Crippen LogP) is 2.57. The largest absolute Gasteiger partial charge is 0.481 e. The second-order valence-electron chi connectivity index (χ2n) is 3.44. The van der Waals surface area contributed by atoms with Crippen LogP contribution in [0.1, 0.15) is 5.69 Å². The third-order valence-corrected chi connectivity index (χ3v) is 3.08. The van der Waals surface area contributed by atoms with Gasteiger partial charge in [0.25, 0.3) is 0 Å². The molecule has 78 valence electrons. The molecule has 0 aliphatic heterocycles. The lowest BCUT2D eigenvalue weighted by Crippen LogP contribution is -2.04. The molecule has 3 nitrogen and oxygen atoms in total. The first kappa shape index (κ1) is 10.2. The molecule has 4 heteroatoms. The zero-order chi connectivity index (χ0) is 11.0. The number of hydrogen-bond donors (Lipinski definition) is 1. The summed E-state index contributed by atoms with van der Waals surface area (Å²) < 4.78 is 2.90. The van der Waals surface area contributed by atoms with Gasteiger partial charge in [0, 0.05) is 22.6 Å². The van der Waals surface area contributed by atoms with E-state index in [1.807, 2.05) is 35.9 Å². The Morgan fingerprint density at radius 1 is 1.53 bits per heavy atom. The van der Waals surface area contributed by atoms with Crippen LogP contribution in [-0.2, 0) is 18.3 Å². The van der Waals surface area contributed by atoms with Gasteiger partial charge in [0.05, 0.1) is 11.9 Å². The third-order valence-electron chi connectivity index (χ3n) is 2.44. The normalized spacial score (nSPS) is 10.8. The molecule has 0 radical (unpaired) electrons. The van der Waals surface area contributed by atoms with Crippen LogP contribution in [0.25, 0.3) is 10.9 Å². The molecule has 1 N–H and O–H groups in total. The number of aryl methyl sites for hydroxylation is 1. The summed E-state index contributed by atoms with van der Waals surface area (Å²) >= 11 is 3.46. The average Bonchev–Trinajstić information content (AvgIpc) is 2.44. The molecular weight excluding hydrogens is 258 g/mol. The molecule has 0 unspecified atom stereocenters. The number of aliphatic carboxylic acids is 1. The molecule has 15 heavy (non-hydrogen) atoms. The molecule has 0 amide bonds. The first-order valence-corrected chi connectivity index (χ1v) is 5.33. The van der Waals surface area contributed by atoms with Gasteiger partial charge in [0.2, 0.25) is 0 Å². The van der Waals surface area contributed by atoms with E-state index >= 15 is 0 Å². The molecule has 0 spiro atoms. The number of carboxylic acids is 1. The minimum atomic E-state index is -0.808. The number of benzene rings is 1. The highest BCUT2D eigenvalue weighted by atomic mass is 79.9.